The molecule has 94 valence electrons. The van der Waals surface area contributed by atoms with Gasteiger partial charge in [-0.1, -0.05) is 26.0 Å². The van der Waals surface area contributed by atoms with E-state index in [-0.39, 0.29) is 6.04 Å². The first kappa shape index (κ1) is 12.4. The molecular weight excluding hydrogens is 210 g/mol. The Kier molecular flexibility index (Phi) is 3.72. The molecule has 1 aromatic carbocycles. The number of rotatable bonds is 5. The van der Waals surface area contributed by atoms with E-state index >= 15 is 0 Å². The molecule has 0 aromatic heterocycles. The van der Waals surface area contributed by atoms with Crippen molar-refractivity contribution in [1.82, 2.24) is 0 Å². The van der Waals surface area contributed by atoms with Gasteiger partial charge in [0.2, 0.25) is 0 Å². The van der Waals surface area contributed by atoms with Gasteiger partial charge >= 0.3 is 0 Å². The zero-order valence-electron chi connectivity index (χ0n) is 11.1. The SMILES string of the molecule is CCOc1ccc(C(C)C)cc1C(N)C1CC1. The highest BCUT2D eigenvalue weighted by Gasteiger charge is 2.31. The van der Waals surface area contributed by atoms with Crippen LogP contribution in [0.5, 0.6) is 5.75 Å². The van der Waals surface area contributed by atoms with E-state index in [1.54, 1.807) is 0 Å². The molecule has 17 heavy (non-hydrogen) atoms. The average molecular weight is 233 g/mol. The fourth-order valence-corrected chi connectivity index (χ4v) is 2.18. The lowest BCUT2D eigenvalue weighted by molar-refractivity contribution is 0.332. The summed E-state index contributed by atoms with van der Waals surface area (Å²) in [6, 6.07) is 6.61. The van der Waals surface area contributed by atoms with Crippen molar-refractivity contribution >= 4 is 0 Å². The van der Waals surface area contributed by atoms with Crippen LogP contribution in [-0.4, -0.2) is 6.61 Å². The summed E-state index contributed by atoms with van der Waals surface area (Å²) in [5, 5.41) is 0. The summed E-state index contributed by atoms with van der Waals surface area (Å²) in [6.07, 6.45) is 2.53. The molecule has 2 nitrogen and oxygen atoms in total. The van der Waals surface area contributed by atoms with Crippen LogP contribution < -0.4 is 10.5 Å². The Morgan fingerprint density at radius 3 is 2.59 bits per heavy atom. The number of nitrogens with two attached hydrogens (primary N) is 1. The van der Waals surface area contributed by atoms with Crippen LogP contribution in [-0.2, 0) is 0 Å². The summed E-state index contributed by atoms with van der Waals surface area (Å²) in [7, 11) is 0. The van der Waals surface area contributed by atoms with Crippen LogP contribution in [0, 0.1) is 5.92 Å². The van der Waals surface area contributed by atoms with Crippen LogP contribution in [0.15, 0.2) is 18.2 Å². The van der Waals surface area contributed by atoms with Crippen molar-refractivity contribution in [3.8, 4) is 5.75 Å². The molecule has 2 rings (SSSR count). The molecule has 0 amide bonds. The third-order valence-electron chi connectivity index (χ3n) is 3.49. The highest BCUT2D eigenvalue weighted by molar-refractivity contribution is 5.41. The minimum Gasteiger partial charge on any atom is -0.494 e. The molecule has 2 N–H and O–H groups in total. The first-order valence-electron chi connectivity index (χ1n) is 6.65. The Hall–Kier alpha value is -1.02. The summed E-state index contributed by atoms with van der Waals surface area (Å²) in [5.74, 6) is 2.17. The lowest BCUT2D eigenvalue weighted by Gasteiger charge is -2.18. The molecular formula is C15H23NO. The van der Waals surface area contributed by atoms with Gasteiger partial charge in [0.15, 0.2) is 0 Å². The smallest absolute Gasteiger partial charge is 0.124 e. The van der Waals surface area contributed by atoms with E-state index in [2.05, 4.69) is 32.0 Å². The van der Waals surface area contributed by atoms with Gasteiger partial charge in [0.05, 0.1) is 6.61 Å². The van der Waals surface area contributed by atoms with E-state index in [0.717, 1.165) is 5.75 Å². The lowest BCUT2D eigenvalue weighted by Crippen LogP contribution is -2.14. The van der Waals surface area contributed by atoms with Gasteiger partial charge in [0.1, 0.15) is 5.75 Å². The van der Waals surface area contributed by atoms with Gasteiger partial charge in [0, 0.05) is 11.6 Å². The van der Waals surface area contributed by atoms with Gasteiger partial charge in [-0.2, -0.15) is 0 Å². The van der Waals surface area contributed by atoms with Crippen molar-refractivity contribution in [2.24, 2.45) is 11.7 Å². The minimum absolute atomic E-state index is 0.148. The van der Waals surface area contributed by atoms with Crippen LogP contribution >= 0.6 is 0 Å². The molecule has 1 saturated carbocycles. The number of benzene rings is 1. The maximum atomic E-state index is 6.32. The zero-order valence-corrected chi connectivity index (χ0v) is 11.1. The van der Waals surface area contributed by atoms with Gasteiger partial charge in [0.25, 0.3) is 0 Å². The van der Waals surface area contributed by atoms with E-state index in [4.69, 9.17) is 10.5 Å². The van der Waals surface area contributed by atoms with Crippen molar-refractivity contribution in [1.29, 1.82) is 0 Å². The number of hydrogen-bond donors (Lipinski definition) is 1. The third-order valence-corrected chi connectivity index (χ3v) is 3.49. The summed E-state index contributed by atoms with van der Waals surface area (Å²) in [4.78, 5) is 0. The molecule has 1 aromatic rings. The molecule has 1 unspecified atom stereocenters. The molecule has 1 aliphatic rings. The van der Waals surface area contributed by atoms with Gasteiger partial charge in [-0.3, -0.25) is 0 Å². The standard InChI is InChI=1S/C15H23NO/c1-4-17-14-8-7-12(10(2)3)9-13(14)15(16)11-5-6-11/h7-11,15H,4-6,16H2,1-3H3. The van der Waals surface area contributed by atoms with Crippen molar-refractivity contribution in [2.75, 3.05) is 6.61 Å². The first-order valence-corrected chi connectivity index (χ1v) is 6.65. The molecule has 0 radical (unpaired) electrons. The highest BCUT2D eigenvalue weighted by atomic mass is 16.5. The quantitative estimate of drug-likeness (QED) is 0.843. The summed E-state index contributed by atoms with van der Waals surface area (Å²) in [6.45, 7) is 7.14. The predicted octanol–water partition coefficient (Wildman–Crippen LogP) is 3.62. The van der Waals surface area contributed by atoms with Crippen LogP contribution in [0.2, 0.25) is 0 Å². The Balaban J connectivity index is 2.31. The fraction of sp³-hybridized carbons (Fsp3) is 0.600. The van der Waals surface area contributed by atoms with E-state index < -0.39 is 0 Å². The third kappa shape index (κ3) is 2.81. The van der Waals surface area contributed by atoms with E-state index in [1.807, 2.05) is 6.92 Å². The zero-order chi connectivity index (χ0) is 12.4. The second-order valence-electron chi connectivity index (χ2n) is 5.25. The Labute approximate surface area is 104 Å². The van der Waals surface area contributed by atoms with Crippen molar-refractivity contribution in [3.05, 3.63) is 29.3 Å². The highest BCUT2D eigenvalue weighted by Crippen LogP contribution is 2.42. The number of ether oxygens (including phenoxy) is 1. The summed E-state index contributed by atoms with van der Waals surface area (Å²) in [5.41, 5.74) is 8.86. The summed E-state index contributed by atoms with van der Waals surface area (Å²) < 4.78 is 5.69. The monoisotopic (exact) mass is 233 g/mol. The fourth-order valence-electron chi connectivity index (χ4n) is 2.18. The largest absolute Gasteiger partial charge is 0.494 e. The van der Waals surface area contributed by atoms with Crippen LogP contribution in [0.25, 0.3) is 0 Å². The molecule has 1 aliphatic carbocycles. The average Bonchev–Trinajstić information content (AvgIpc) is 3.12. The molecule has 0 aliphatic heterocycles. The van der Waals surface area contributed by atoms with Gasteiger partial charge in [-0.25, -0.2) is 0 Å². The molecule has 1 fully saturated rings. The maximum absolute atomic E-state index is 6.32. The minimum atomic E-state index is 0.148. The van der Waals surface area contributed by atoms with Gasteiger partial charge in [-0.15, -0.1) is 0 Å². The van der Waals surface area contributed by atoms with Crippen molar-refractivity contribution < 1.29 is 4.74 Å². The van der Waals surface area contributed by atoms with Crippen LogP contribution in [0.4, 0.5) is 0 Å². The van der Waals surface area contributed by atoms with Crippen LogP contribution in [0.3, 0.4) is 0 Å². The maximum Gasteiger partial charge on any atom is 0.124 e. The predicted molar refractivity (Wildman–Crippen MR) is 71.4 cm³/mol. The normalized spacial score (nSPS) is 17.2. The Bertz CT molecular complexity index is 383. The lowest BCUT2D eigenvalue weighted by atomic mass is 9.95. The molecule has 2 heteroatoms. The van der Waals surface area contributed by atoms with Crippen molar-refractivity contribution in [3.63, 3.8) is 0 Å². The Morgan fingerprint density at radius 2 is 2.06 bits per heavy atom. The Morgan fingerprint density at radius 1 is 1.35 bits per heavy atom. The van der Waals surface area contributed by atoms with E-state index in [9.17, 15) is 0 Å². The second-order valence-corrected chi connectivity index (χ2v) is 5.25. The molecule has 0 heterocycles. The van der Waals surface area contributed by atoms with E-state index in [0.29, 0.717) is 18.4 Å². The topological polar surface area (TPSA) is 35.2 Å². The van der Waals surface area contributed by atoms with Gasteiger partial charge < -0.3 is 10.5 Å². The first-order chi connectivity index (χ1) is 8.13. The molecule has 0 bridgehead atoms. The second kappa shape index (κ2) is 5.09. The van der Waals surface area contributed by atoms with E-state index in [1.165, 1.54) is 24.0 Å². The molecule has 1 atom stereocenters. The molecule has 0 spiro atoms. The summed E-state index contributed by atoms with van der Waals surface area (Å²) >= 11 is 0. The van der Waals surface area contributed by atoms with Gasteiger partial charge in [-0.05, 0) is 43.2 Å². The number of hydrogen-bond acceptors (Lipinski definition) is 2. The van der Waals surface area contributed by atoms with Crippen LogP contribution in [0.1, 0.15) is 56.7 Å². The van der Waals surface area contributed by atoms with Crippen molar-refractivity contribution in [2.45, 2.75) is 45.6 Å². The molecule has 0 saturated heterocycles.